The molecule has 1 saturated heterocycles. The number of methoxy groups -OCH3 is 1. The number of hydrogen-bond donors (Lipinski definition) is 0. The predicted octanol–water partition coefficient (Wildman–Crippen LogP) is 1.42. The molecule has 0 bridgehead atoms. The minimum Gasteiger partial charge on any atom is -0.491 e. The molecule has 3 rings (SSSR count). The highest BCUT2D eigenvalue weighted by atomic mass is 32.2. The maximum atomic E-state index is 12.9. The van der Waals surface area contributed by atoms with E-state index < -0.39 is 16.1 Å². The molecule has 1 aliphatic rings. The molecule has 1 fully saturated rings. The summed E-state index contributed by atoms with van der Waals surface area (Å²) in [5.41, 5.74) is 0. The number of benzene rings is 1. The Kier molecular flexibility index (Phi) is 6.42. The summed E-state index contributed by atoms with van der Waals surface area (Å²) < 4.78 is 48.8. The van der Waals surface area contributed by atoms with Crippen LogP contribution in [0.2, 0.25) is 0 Å². The van der Waals surface area contributed by atoms with Gasteiger partial charge in [-0.05, 0) is 24.3 Å². The maximum absolute atomic E-state index is 12.9. The summed E-state index contributed by atoms with van der Waals surface area (Å²) in [7, 11) is -2.07. The highest BCUT2D eigenvalue weighted by Gasteiger charge is 2.34. The molecule has 0 amide bonds. The van der Waals surface area contributed by atoms with Crippen molar-refractivity contribution in [3.63, 3.8) is 0 Å². The summed E-state index contributed by atoms with van der Waals surface area (Å²) in [6, 6.07) is 6.33. The second kappa shape index (κ2) is 8.79. The predicted molar refractivity (Wildman–Crippen MR) is 94.9 cm³/mol. The molecule has 148 valence electrons. The van der Waals surface area contributed by atoms with E-state index in [0.717, 1.165) is 0 Å². The van der Waals surface area contributed by atoms with E-state index in [2.05, 4.69) is 10.2 Å². The Bertz CT molecular complexity index is 837. The fourth-order valence-electron chi connectivity index (χ4n) is 2.63. The molecule has 1 atom stereocenters. The second-order valence-electron chi connectivity index (χ2n) is 5.92. The van der Waals surface area contributed by atoms with Crippen LogP contribution in [0, 0.1) is 0 Å². The molecule has 27 heavy (non-hydrogen) atoms. The standard InChI is InChI=1S/C17H23N3O6S/c1-3-16-18-19-17(26-16)15-12-20(8-9-25-15)27(21,22)14-6-4-13(5-7-14)24-11-10-23-2/h4-7,15H,3,8-12H2,1-2H3. The van der Waals surface area contributed by atoms with Crippen LogP contribution in [0.25, 0.3) is 0 Å². The monoisotopic (exact) mass is 397 g/mol. The zero-order chi connectivity index (χ0) is 19.3. The average molecular weight is 397 g/mol. The van der Waals surface area contributed by atoms with Crippen LogP contribution in [-0.4, -0.2) is 62.9 Å². The van der Waals surface area contributed by atoms with Gasteiger partial charge in [0.1, 0.15) is 18.5 Å². The second-order valence-corrected chi connectivity index (χ2v) is 7.86. The van der Waals surface area contributed by atoms with E-state index in [0.29, 0.717) is 37.2 Å². The first-order valence-corrected chi connectivity index (χ1v) is 10.1. The summed E-state index contributed by atoms with van der Waals surface area (Å²) >= 11 is 0. The van der Waals surface area contributed by atoms with Crippen LogP contribution in [0.15, 0.2) is 33.6 Å². The number of aryl methyl sites for hydroxylation is 1. The lowest BCUT2D eigenvalue weighted by atomic mass is 10.3. The van der Waals surface area contributed by atoms with Gasteiger partial charge in [0.25, 0.3) is 0 Å². The topological polar surface area (TPSA) is 104 Å². The molecule has 0 spiro atoms. The van der Waals surface area contributed by atoms with Crippen LogP contribution in [0.5, 0.6) is 5.75 Å². The first-order valence-electron chi connectivity index (χ1n) is 8.70. The third-order valence-corrected chi connectivity index (χ3v) is 5.99. The zero-order valence-corrected chi connectivity index (χ0v) is 16.1. The van der Waals surface area contributed by atoms with E-state index in [-0.39, 0.29) is 24.6 Å². The fourth-order valence-corrected chi connectivity index (χ4v) is 4.06. The van der Waals surface area contributed by atoms with Crippen molar-refractivity contribution in [3.05, 3.63) is 36.0 Å². The van der Waals surface area contributed by atoms with Crippen LogP contribution < -0.4 is 4.74 Å². The van der Waals surface area contributed by atoms with E-state index >= 15 is 0 Å². The lowest BCUT2D eigenvalue weighted by Gasteiger charge is -2.30. The number of rotatable bonds is 8. The largest absolute Gasteiger partial charge is 0.491 e. The molecular weight excluding hydrogens is 374 g/mol. The Labute approximate surface area is 158 Å². The van der Waals surface area contributed by atoms with Gasteiger partial charge < -0.3 is 18.6 Å². The minimum atomic E-state index is -3.66. The summed E-state index contributed by atoms with van der Waals surface area (Å²) in [5, 5.41) is 7.87. The van der Waals surface area contributed by atoms with E-state index in [9.17, 15) is 8.42 Å². The van der Waals surface area contributed by atoms with E-state index in [1.54, 1.807) is 19.2 Å². The van der Waals surface area contributed by atoms with Crippen molar-refractivity contribution in [3.8, 4) is 5.75 Å². The van der Waals surface area contributed by atoms with E-state index in [1.807, 2.05) is 6.92 Å². The summed E-state index contributed by atoms with van der Waals surface area (Å²) in [6.45, 7) is 3.41. The van der Waals surface area contributed by atoms with Crippen molar-refractivity contribution in [1.82, 2.24) is 14.5 Å². The van der Waals surface area contributed by atoms with Gasteiger partial charge in [0.05, 0.1) is 18.1 Å². The van der Waals surface area contributed by atoms with Crippen LogP contribution in [0.1, 0.15) is 24.8 Å². The molecule has 1 aromatic carbocycles. The molecule has 0 N–H and O–H groups in total. The molecule has 1 aromatic heterocycles. The first-order chi connectivity index (χ1) is 13.0. The van der Waals surface area contributed by atoms with Gasteiger partial charge in [-0.25, -0.2) is 8.42 Å². The van der Waals surface area contributed by atoms with Gasteiger partial charge in [-0.3, -0.25) is 0 Å². The Morgan fingerprint density at radius 1 is 1.22 bits per heavy atom. The van der Waals surface area contributed by atoms with Gasteiger partial charge in [-0.2, -0.15) is 4.31 Å². The molecule has 9 nitrogen and oxygen atoms in total. The number of hydrogen-bond acceptors (Lipinski definition) is 8. The van der Waals surface area contributed by atoms with Gasteiger partial charge in [0.2, 0.25) is 21.8 Å². The Morgan fingerprint density at radius 2 is 2.00 bits per heavy atom. The SMILES string of the molecule is CCc1nnc(C2CN(S(=O)(=O)c3ccc(OCCOC)cc3)CCO2)o1. The lowest BCUT2D eigenvalue weighted by Crippen LogP contribution is -2.42. The Hall–Kier alpha value is -2.01. The van der Waals surface area contributed by atoms with Gasteiger partial charge in [0.15, 0.2) is 0 Å². The molecule has 0 radical (unpaired) electrons. The van der Waals surface area contributed by atoms with Crippen molar-refractivity contribution in [1.29, 1.82) is 0 Å². The smallest absolute Gasteiger partial charge is 0.246 e. The Morgan fingerprint density at radius 3 is 2.67 bits per heavy atom. The summed E-state index contributed by atoms with van der Waals surface area (Å²) in [4.78, 5) is 0.196. The highest BCUT2D eigenvalue weighted by molar-refractivity contribution is 7.89. The third kappa shape index (κ3) is 4.64. The summed E-state index contributed by atoms with van der Waals surface area (Å²) in [6.07, 6.45) is 0.0403. The van der Waals surface area contributed by atoms with Crippen molar-refractivity contribution >= 4 is 10.0 Å². The number of morpholine rings is 1. The molecular formula is C17H23N3O6S. The van der Waals surface area contributed by atoms with Crippen LogP contribution in [0.4, 0.5) is 0 Å². The van der Waals surface area contributed by atoms with Gasteiger partial charge in [0, 0.05) is 26.6 Å². The lowest BCUT2D eigenvalue weighted by molar-refractivity contribution is -0.0177. The minimum absolute atomic E-state index is 0.125. The average Bonchev–Trinajstić information content (AvgIpc) is 3.18. The molecule has 2 aromatic rings. The maximum Gasteiger partial charge on any atom is 0.246 e. The number of sulfonamides is 1. The zero-order valence-electron chi connectivity index (χ0n) is 15.3. The van der Waals surface area contributed by atoms with E-state index in [4.69, 9.17) is 18.6 Å². The van der Waals surface area contributed by atoms with Crippen LogP contribution >= 0.6 is 0 Å². The summed E-state index contributed by atoms with van der Waals surface area (Å²) in [5.74, 6) is 1.38. The molecule has 2 heterocycles. The third-order valence-electron chi connectivity index (χ3n) is 4.11. The number of ether oxygens (including phenoxy) is 3. The van der Waals surface area contributed by atoms with Crippen molar-refractivity contribution < 1.29 is 27.0 Å². The highest BCUT2D eigenvalue weighted by Crippen LogP contribution is 2.26. The molecule has 0 saturated carbocycles. The van der Waals surface area contributed by atoms with Gasteiger partial charge >= 0.3 is 0 Å². The number of nitrogens with zero attached hydrogens (tertiary/aromatic N) is 3. The van der Waals surface area contributed by atoms with Gasteiger partial charge in [-0.1, -0.05) is 6.92 Å². The molecule has 0 aliphatic carbocycles. The Balaban J connectivity index is 1.70. The van der Waals surface area contributed by atoms with E-state index in [1.165, 1.54) is 16.4 Å². The van der Waals surface area contributed by atoms with Gasteiger partial charge in [-0.15, -0.1) is 10.2 Å². The molecule has 10 heteroatoms. The van der Waals surface area contributed by atoms with Crippen LogP contribution in [-0.2, 0) is 25.9 Å². The molecule has 1 unspecified atom stereocenters. The fraction of sp³-hybridized carbons (Fsp3) is 0.529. The van der Waals surface area contributed by atoms with Crippen molar-refractivity contribution in [2.24, 2.45) is 0 Å². The molecule has 1 aliphatic heterocycles. The normalized spacial score (nSPS) is 18.5. The van der Waals surface area contributed by atoms with Crippen molar-refractivity contribution in [2.75, 3.05) is 40.0 Å². The van der Waals surface area contributed by atoms with Crippen molar-refractivity contribution in [2.45, 2.75) is 24.3 Å². The quantitative estimate of drug-likeness (QED) is 0.616. The first kappa shape index (κ1) is 19.7. The van der Waals surface area contributed by atoms with Crippen LogP contribution in [0.3, 0.4) is 0 Å². The number of aromatic nitrogens is 2.